The zero-order valence-corrected chi connectivity index (χ0v) is 11.9. The molecule has 0 spiro atoms. The van der Waals surface area contributed by atoms with E-state index in [1.54, 1.807) is 6.07 Å². The molecule has 110 valence electrons. The Bertz CT molecular complexity index is 464. The SMILES string of the molecule is CC1CN(c2ncc(F)cc2CNC2CC2)CCCO1. The van der Waals surface area contributed by atoms with Gasteiger partial charge < -0.3 is 15.0 Å². The smallest absolute Gasteiger partial charge is 0.141 e. The Morgan fingerprint density at radius 3 is 3.15 bits per heavy atom. The molecule has 1 aliphatic heterocycles. The summed E-state index contributed by atoms with van der Waals surface area (Å²) in [7, 11) is 0. The van der Waals surface area contributed by atoms with E-state index in [0.717, 1.165) is 37.5 Å². The van der Waals surface area contributed by atoms with Crippen molar-refractivity contribution in [3.63, 3.8) is 0 Å². The maximum absolute atomic E-state index is 13.5. The fourth-order valence-corrected chi connectivity index (χ4v) is 2.62. The average Bonchev–Trinajstić information content (AvgIpc) is 3.24. The molecule has 1 aromatic heterocycles. The summed E-state index contributed by atoms with van der Waals surface area (Å²) in [6.45, 7) is 5.28. The molecule has 0 bridgehead atoms. The van der Waals surface area contributed by atoms with E-state index in [9.17, 15) is 4.39 Å². The van der Waals surface area contributed by atoms with E-state index < -0.39 is 0 Å². The van der Waals surface area contributed by atoms with Gasteiger partial charge in [-0.25, -0.2) is 9.37 Å². The Morgan fingerprint density at radius 2 is 2.35 bits per heavy atom. The van der Waals surface area contributed by atoms with Gasteiger partial charge in [-0.2, -0.15) is 0 Å². The molecule has 3 rings (SSSR count). The molecule has 1 N–H and O–H groups in total. The molecule has 1 atom stereocenters. The molecule has 1 saturated heterocycles. The number of ether oxygens (including phenoxy) is 1. The number of nitrogens with zero attached hydrogens (tertiary/aromatic N) is 2. The van der Waals surface area contributed by atoms with Gasteiger partial charge in [0.1, 0.15) is 11.6 Å². The van der Waals surface area contributed by atoms with Crippen LogP contribution in [0.1, 0.15) is 31.7 Å². The minimum absolute atomic E-state index is 0.189. The Labute approximate surface area is 119 Å². The summed E-state index contributed by atoms with van der Waals surface area (Å²) in [5.74, 6) is 0.636. The quantitative estimate of drug-likeness (QED) is 0.916. The van der Waals surface area contributed by atoms with Crippen molar-refractivity contribution >= 4 is 5.82 Å². The molecule has 4 nitrogen and oxygen atoms in total. The second kappa shape index (κ2) is 6.06. The third-order valence-electron chi connectivity index (χ3n) is 3.82. The molecule has 1 aromatic rings. The Kier molecular flexibility index (Phi) is 4.17. The van der Waals surface area contributed by atoms with Gasteiger partial charge in [0, 0.05) is 37.8 Å². The normalized spacial score (nSPS) is 23.7. The van der Waals surface area contributed by atoms with E-state index in [0.29, 0.717) is 12.6 Å². The van der Waals surface area contributed by atoms with Crippen molar-refractivity contribution in [3.8, 4) is 0 Å². The highest BCUT2D eigenvalue weighted by atomic mass is 19.1. The minimum atomic E-state index is -0.263. The molecule has 1 aliphatic carbocycles. The highest BCUT2D eigenvalue weighted by Crippen LogP contribution is 2.24. The van der Waals surface area contributed by atoms with E-state index in [-0.39, 0.29) is 11.9 Å². The number of hydrogen-bond donors (Lipinski definition) is 1. The first-order valence-corrected chi connectivity index (χ1v) is 7.47. The molecule has 2 heterocycles. The molecular formula is C15H22FN3O. The van der Waals surface area contributed by atoms with Gasteiger partial charge in [0.15, 0.2) is 0 Å². The zero-order chi connectivity index (χ0) is 13.9. The lowest BCUT2D eigenvalue weighted by Crippen LogP contribution is -2.32. The first kappa shape index (κ1) is 13.8. The molecule has 20 heavy (non-hydrogen) atoms. The highest BCUT2D eigenvalue weighted by Gasteiger charge is 2.23. The lowest BCUT2D eigenvalue weighted by atomic mass is 10.2. The van der Waals surface area contributed by atoms with Gasteiger partial charge in [-0.1, -0.05) is 0 Å². The van der Waals surface area contributed by atoms with Crippen LogP contribution in [0.3, 0.4) is 0 Å². The summed E-state index contributed by atoms with van der Waals surface area (Å²) in [5, 5.41) is 3.44. The molecule has 2 fully saturated rings. The first-order chi connectivity index (χ1) is 9.72. The summed E-state index contributed by atoms with van der Waals surface area (Å²) in [6.07, 6.45) is 4.94. The summed E-state index contributed by atoms with van der Waals surface area (Å²) in [4.78, 5) is 6.55. The van der Waals surface area contributed by atoms with E-state index in [2.05, 4.69) is 22.1 Å². The largest absolute Gasteiger partial charge is 0.377 e. The van der Waals surface area contributed by atoms with Gasteiger partial charge in [0.25, 0.3) is 0 Å². The number of rotatable bonds is 4. The van der Waals surface area contributed by atoms with E-state index in [1.807, 2.05) is 0 Å². The van der Waals surface area contributed by atoms with Gasteiger partial charge in [-0.15, -0.1) is 0 Å². The van der Waals surface area contributed by atoms with Crippen LogP contribution in [-0.4, -0.2) is 36.8 Å². The van der Waals surface area contributed by atoms with Gasteiger partial charge in [-0.3, -0.25) is 0 Å². The van der Waals surface area contributed by atoms with Crippen LogP contribution in [0.2, 0.25) is 0 Å². The minimum Gasteiger partial charge on any atom is -0.377 e. The highest BCUT2D eigenvalue weighted by molar-refractivity contribution is 5.47. The van der Waals surface area contributed by atoms with Gasteiger partial charge >= 0.3 is 0 Å². The Hall–Kier alpha value is -1.20. The maximum Gasteiger partial charge on any atom is 0.141 e. The summed E-state index contributed by atoms with van der Waals surface area (Å²) >= 11 is 0. The average molecular weight is 279 g/mol. The third kappa shape index (κ3) is 3.46. The third-order valence-corrected chi connectivity index (χ3v) is 3.82. The van der Waals surface area contributed by atoms with Crippen LogP contribution in [-0.2, 0) is 11.3 Å². The first-order valence-electron chi connectivity index (χ1n) is 7.47. The van der Waals surface area contributed by atoms with Crippen molar-refractivity contribution < 1.29 is 9.13 Å². The number of hydrogen-bond acceptors (Lipinski definition) is 4. The molecule has 5 heteroatoms. The monoisotopic (exact) mass is 279 g/mol. The molecule has 1 saturated carbocycles. The lowest BCUT2D eigenvalue weighted by molar-refractivity contribution is 0.0820. The van der Waals surface area contributed by atoms with Crippen LogP contribution in [0.15, 0.2) is 12.3 Å². The maximum atomic E-state index is 13.5. The van der Waals surface area contributed by atoms with Crippen molar-refractivity contribution in [2.45, 2.75) is 44.9 Å². The van der Waals surface area contributed by atoms with Gasteiger partial charge in [0.05, 0.1) is 12.3 Å². The van der Waals surface area contributed by atoms with E-state index in [1.165, 1.54) is 19.0 Å². The second-order valence-electron chi connectivity index (χ2n) is 5.77. The molecule has 0 amide bonds. The van der Waals surface area contributed by atoms with E-state index >= 15 is 0 Å². The number of nitrogens with one attached hydrogen (secondary N) is 1. The van der Waals surface area contributed by atoms with Crippen LogP contribution in [0.25, 0.3) is 0 Å². The van der Waals surface area contributed by atoms with Crippen LogP contribution in [0.4, 0.5) is 10.2 Å². The van der Waals surface area contributed by atoms with Crippen molar-refractivity contribution in [3.05, 3.63) is 23.6 Å². The number of anilines is 1. The molecule has 2 aliphatic rings. The van der Waals surface area contributed by atoms with Crippen LogP contribution in [0.5, 0.6) is 0 Å². The summed E-state index contributed by atoms with van der Waals surface area (Å²) < 4.78 is 19.1. The van der Waals surface area contributed by atoms with Crippen LogP contribution < -0.4 is 10.2 Å². The molecule has 0 radical (unpaired) electrons. The van der Waals surface area contributed by atoms with Crippen LogP contribution >= 0.6 is 0 Å². The topological polar surface area (TPSA) is 37.4 Å². The van der Waals surface area contributed by atoms with Crippen molar-refractivity contribution in [2.24, 2.45) is 0 Å². The van der Waals surface area contributed by atoms with E-state index in [4.69, 9.17) is 4.74 Å². The summed E-state index contributed by atoms with van der Waals surface area (Å²) in [5.41, 5.74) is 0.950. The van der Waals surface area contributed by atoms with Gasteiger partial charge in [0.2, 0.25) is 0 Å². The zero-order valence-electron chi connectivity index (χ0n) is 11.9. The predicted molar refractivity (Wildman–Crippen MR) is 76.3 cm³/mol. The fourth-order valence-electron chi connectivity index (χ4n) is 2.62. The van der Waals surface area contributed by atoms with Crippen molar-refractivity contribution in [1.82, 2.24) is 10.3 Å². The van der Waals surface area contributed by atoms with Gasteiger partial charge in [-0.05, 0) is 32.3 Å². The lowest BCUT2D eigenvalue weighted by Gasteiger charge is -2.25. The number of aromatic nitrogens is 1. The second-order valence-corrected chi connectivity index (χ2v) is 5.77. The number of pyridine rings is 1. The Balaban J connectivity index is 1.78. The fraction of sp³-hybridized carbons (Fsp3) is 0.667. The van der Waals surface area contributed by atoms with Crippen molar-refractivity contribution in [2.75, 3.05) is 24.6 Å². The van der Waals surface area contributed by atoms with Crippen molar-refractivity contribution in [1.29, 1.82) is 0 Å². The molecule has 1 unspecified atom stereocenters. The Morgan fingerprint density at radius 1 is 1.50 bits per heavy atom. The summed E-state index contributed by atoms with van der Waals surface area (Å²) in [6, 6.07) is 2.21. The van der Waals surface area contributed by atoms with Crippen LogP contribution in [0, 0.1) is 5.82 Å². The predicted octanol–water partition coefficient (Wildman–Crippen LogP) is 2.09. The molecule has 0 aromatic carbocycles. The standard InChI is InChI=1S/C15H22FN3O/c1-11-10-19(5-2-6-20-11)15-12(7-13(16)9-18-15)8-17-14-3-4-14/h7,9,11,14,17H,2-6,8,10H2,1H3. The number of halogens is 1. The molecular weight excluding hydrogens is 257 g/mol.